The molecule has 1 atom stereocenters. The molecule has 5 nitrogen and oxygen atoms in total. The minimum Gasteiger partial charge on any atom is -0.366 e. The molecule has 1 aliphatic rings. The van der Waals surface area contributed by atoms with Crippen molar-refractivity contribution in [3.05, 3.63) is 0 Å². The van der Waals surface area contributed by atoms with Crippen LogP contribution in [0.4, 0.5) is 0 Å². The first-order chi connectivity index (χ1) is 6.55. The monoisotopic (exact) mass is 273 g/mol. The Balaban J connectivity index is 0. The average Bonchev–Trinajstić information content (AvgIpc) is 2.19. The first-order valence-corrected chi connectivity index (χ1v) is 4.89. The number of nitrogens with one attached hydrogen (secondary N) is 2. The molecule has 0 saturated carbocycles. The standard InChI is InChI=1S/C9H19N3O2.2ClH/c1-9(2,6-10)12-8(13)7-5-11-3-4-14-7;;/h7,11H,3-6,10H2,1-2H3,(H,12,13);2*1H/t7-;;/m1../s1. The van der Waals surface area contributed by atoms with Crippen LogP contribution in [0.2, 0.25) is 0 Å². The largest absolute Gasteiger partial charge is 0.366 e. The zero-order chi connectivity index (χ0) is 10.6. The van der Waals surface area contributed by atoms with Gasteiger partial charge in [0.1, 0.15) is 6.10 Å². The molecular formula is C9H21Cl2N3O2. The minimum absolute atomic E-state index is 0. The quantitative estimate of drug-likeness (QED) is 0.659. The van der Waals surface area contributed by atoms with Crippen LogP contribution in [0.3, 0.4) is 0 Å². The summed E-state index contributed by atoms with van der Waals surface area (Å²) in [5.74, 6) is -0.0901. The Kier molecular flexibility index (Phi) is 9.25. The molecule has 0 aromatic rings. The second kappa shape index (κ2) is 8.08. The van der Waals surface area contributed by atoms with Crippen LogP contribution in [-0.2, 0) is 9.53 Å². The van der Waals surface area contributed by atoms with Crippen molar-refractivity contribution in [1.29, 1.82) is 0 Å². The van der Waals surface area contributed by atoms with Crippen LogP contribution in [0.5, 0.6) is 0 Å². The molecule has 7 heteroatoms. The van der Waals surface area contributed by atoms with Gasteiger partial charge in [-0.15, -0.1) is 24.8 Å². The van der Waals surface area contributed by atoms with Gasteiger partial charge in [0.05, 0.1) is 6.61 Å². The number of hydrogen-bond acceptors (Lipinski definition) is 4. The van der Waals surface area contributed by atoms with Gasteiger partial charge in [-0.05, 0) is 13.8 Å². The van der Waals surface area contributed by atoms with Crippen molar-refractivity contribution in [1.82, 2.24) is 10.6 Å². The van der Waals surface area contributed by atoms with Crippen molar-refractivity contribution in [2.45, 2.75) is 25.5 Å². The summed E-state index contributed by atoms with van der Waals surface area (Å²) in [6, 6.07) is 0. The van der Waals surface area contributed by atoms with Gasteiger partial charge in [0.25, 0.3) is 5.91 Å². The van der Waals surface area contributed by atoms with Crippen molar-refractivity contribution < 1.29 is 9.53 Å². The molecule has 0 spiro atoms. The maximum Gasteiger partial charge on any atom is 0.250 e. The van der Waals surface area contributed by atoms with Gasteiger partial charge in [-0.25, -0.2) is 0 Å². The molecule has 0 radical (unpaired) electrons. The van der Waals surface area contributed by atoms with Gasteiger partial charge in [0.2, 0.25) is 0 Å². The maximum atomic E-state index is 11.6. The lowest BCUT2D eigenvalue weighted by atomic mass is 10.1. The Morgan fingerprint density at radius 1 is 1.56 bits per heavy atom. The summed E-state index contributed by atoms with van der Waals surface area (Å²) in [6.07, 6.45) is -0.380. The van der Waals surface area contributed by atoms with E-state index in [2.05, 4.69) is 10.6 Å². The lowest BCUT2D eigenvalue weighted by molar-refractivity contribution is -0.135. The fourth-order valence-electron chi connectivity index (χ4n) is 1.20. The maximum absolute atomic E-state index is 11.6. The van der Waals surface area contributed by atoms with Crippen LogP contribution in [0.15, 0.2) is 0 Å². The minimum atomic E-state index is -0.380. The van der Waals surface area contributed by atoms with Crippen molar-refractivity contribution >= 4 is 30.7 Å². The van der Waals surface area contributed by atoms with Crippen LogP contribution in [0.1, 0.15) is 13.8 Å². The predicted molar refractivity (Wildman–Crippen MR) is 68.4 cm³/mol. The fraction of sp³-hybridized carbons (Fsp3) is 0.889. The van der Waals surface area contributed by atoms with Gasteiger partial charge in [0, 0.05) is 25.2 Å². The number of morpholine rings is 1. The van der Waals surface area contributed by atoms with E-state index < -0.39 is 0 Å². The van der Waals surface area contributed by atoms with Crippen LogP contribution in [0, 0.1) is 0 Å². The predicted octanol–water partition coefficient (Wildman–Crippen LogP) is -0.328. The molecule has 0 bridgehead atoms. The second-order valence-corrected chi connectivity index (χ2v) is 4.14. The Labute approximate surface area is 109 Å². The summed E-state index contributed by atoms with van der Waals surface area (Å²) in [6.45, 7) is 6.17. The summed E-state index contributed by atoms with van der Waals surface area (Å²) < 4.78 is 5.31. The SMILES string of the molecule is CC(C)(CN)NC(=O)[C@H]1CNCCO1.Cl.Cl. The summed E-state index contributed by atoms with van der Waals surface area (Å²) in [4.78, 5) is 11.6. The summed E-state index contributed by atoms with van der Waals surface area (Å²) >= 11 is 0. The van der Waals surface area contributed by atoms with E-state index >= 15 is 0 Å². The van der Waals surface area contributed by atoms with E-state index in [1.54, 1.807) is 0 Å². The topological polar surface area (TPSA) is 76.4 Å². The Morgan fingerprint density at radius 2 is 2.19 bits per heavy atom. The van der Waals surface area contributed by atoms with E-state index in [9.17, 15) is 4.79 Å². The van der Waals surface area contributed by atoms with Crippen LogP contribution < -0.4 is 16.4 Å². The molecule has 0 aromatic heterocycles. The molecule has 16 heavy (non-hydrogen) atoms. The number of ether oxygens (including phenoxy) is 1. The highest BCUT2D eigenvalue weighted by atomic mass is 35.5. The molecule has 1 saturated heterocycles. The lowest BCUT2D eigenvalue weighted by Gasteiger charge is -2.29. The third-order valence-electron chi connectivity index (χ3n) is 2.19. The molecule has 1 aliphatic heterocycles. The van der Waals surface area contributed by atoms with Gasteiger partial charge >= 0.3 is 0 Å². The van der Waals surface area contributed by atoms with E-state index in [0.29, 0.717) is 19.7 Å². The lowest BCUT2D eigenvalue weighted by Crippen LogP contribution is -2.55. The van der Waals surface area contributed by atoms with E-state index in [4.69, 9.17) is 10.5 Å². The third kappa shape index (κ3) is 5.86. The van der Waals surface area contributed by atoms with Crippen LogP contribution in [-0.4, -0.2) is 43.8 Å². The van der Waals surface area contributed by atoms with E-state index in [-0.39, 0.29) is 42.4 Å². The Morgan fingerprint density at radius 3 is 2.62 bits per heavy atom. The number of carbonyl (C=O) groups excluding carboxylic acids is 1. The van der Waals surface area contributed by atoms with Gasteiger partial charge in [-0.1, -0.05) is 0 Å². The zero-order valence-corrected chi connectivity index (χ0v) is 11.2. The van der Waals surface area contributed by atoms with Gasteiger partial charge in [-0.3, -0.25) is 4.79 Å². The molecule has 98 valence electrons. The highest BCUT2D eigenvalue weighted by molar-refractivity contribution is 5.85. The smallest absolute Gasteiger partial charge is 0.250 e. The normalized spacial score (nSPS) is 20.3. The van der Waals surface area contributed by atoms with Gasteiger partial charge in [0.15, 0.2) is 0 Å². The molecule has 0 unspecified atom stereocenters. The van der Waals surface area contributed by atoms with Crippen LogP contribution >= 0.6 is 24.8 Å². The van der Waals surface area contributed by atoms with Crippen molar-refractivity contribution in [2.24, 2.45) is 5.73 Å². The fourth-order valence-corrected chi connectivity index (χ4v) is 1.20. The molecule has 1 rings (SSSR count). The number of halogens is 2. The van der Waals surface area contributed by atoms with E-state index in [1.807, 2.05) is 13.8 Å². The first kappa shape index (κ1) is 18.3. The molecule has 0 aromatic carbocycles. The third-order valence-corrected chi connectivity index (χ3v) is 2.19. The van der Waals surface area contributed by atoms with E-state index in [1.165, 1.54) is 0 Å². The molecule has 1 heterocycles. The van der Waals surface area contributed by atoms with E-state index in [0.717, 1.165) is 6.54 Å². The number of nitrogens with two attached hydrogens (primary N) is 1. The van der Waals surface area contributed by atoms with Crippen molar-refractivity contribution in [3.8, 4) is 0 Å². The van der Waals surface area contributed by atoms with Crippen molar-refractivity contribution in [3.63, 3.8) is 0 Å². The summed E-state index contributed by atoms with van der Waals surface area (Å²) in [7, 11) is 0. The zero-order valence-electron chi connectivity index (χ0n) is 9.62. The van der Waals surface area contributed by atoms with Gasteiger partial charge in [-0.2, -0.15) is 0 Å². The molecule has 1 fully saturated rings. The van der Waals surface area contributed by atoms with Gasteiger partial charge < -0.3 is 21.1 Å². The molecular weight excluding hydrogens is 253 g/mol. The Hall–Kier alpha value is -0.0700. The molecule has 0 aliphatic carbocycles. The summed E-state index contributed by atoms with van der Waals surface area (Å²) in [5.41, 5.74) is 5.15. The average molecular weight is 274 g/mol. The number of hydrogen-bond donors (Lipinski definition) is 3. The number of rotatable bonds is 3. The first-order valence-electron chi connectivity index (χ1n) is 4.89. The summed E-state index contributed by atoms with van der Waals surface area (Å²) in [5, 5.41) is 5.95. The molecule has 4 N–H and O–H groups in total. The highest BCUT2D eigenvalue weighted by Crippen LogP contribution is 2.02. The highest BCUT2D eigenvalue weighted by Gasteiger charge is 2.26. The second-order valence-electron chi connectivity index (χ2n) is 4.14. The van der Waals surface area contributed by atoms with Crippen LogP contribution in [0.25, 0.3) is 0 Å². The number of amides is 1. The Bertz CT molecular complexity index is 209. The number of carbonyl (C=O) groups is 1. The molecule has 1 amide bonds. The van der Waals surface area contributed by atoms with Crippen molar-refractivity contribution in [2.75, 3.05) is 26.2 Å².